The van der Waals surface area contributed by atoms with Gasteiger partial charge in [0, 0.05) is 64.0 Å². The van der Waals surface area contributed by atoms with Gasteiger partial charge in [-0.3, -0.25) is 9.69 Å². The van der Waals surface area contributed by atoms with Crippen molar-refractivity contribution in [2.24, 2.45) is 5.92 Å². The first-order valence-corrected chi connectivity index (χ1v) is 10.8. The fraction of sp³-hybridized carbons (Fsp3) is 0.682. The van der Waals surface area contributed by atoms with Gasteiger partial charge in [0.05, 0.1) is 0 Å². The second-order valence-electron chi connectivity index (χ2n) is 8.47. The Bertz CT molecular complexity index is 596. The van der Waals surface area contributed by atoms with Gasteiger partial charge in [-0.2, -0.15) is 0 Å². The zero-order valence-corrected chi connectivity index (χ0v) is 16.5. The maximum atomic E-state index is 12.7. The average molecular weight is 371 g/mol. The Kier molecular flexibility index (Phi) is 6.43. The Hall–Kier alpha value is -1.43. The second-order valence-corrected chi connectivity index (χ2v) is 8.47. The number of hydrogen-bond acceptors (Lipinski definition) is 4. The Labute approximate surface area is 163 Å². The lowest BCUT2D eigenvalue weighted by Gasteiger charge is -2.47. The Balaban J connectivity index is 1.15. The molecule has 0 aliphatic carbocycles. The number of piperazine rings is 1. The van der Waals surface area contributed by atoms with Crippen LogP contribution in [0.4, 0.5) is 0 Å². The molecule has 3 saturated heterocycles. The van der Waals surface area contributed by atoms with Crippen LogP contribution in [-0.2, 0) is 0 Å². The van der Waals surface area contributed by atoms with E-state index in [0.29, 0.717) is 5.92 Å². The lowest BCUT2D eigenvalue weighted by molar-refractivity contribution is 0.0250. The highest BCUT2D eigenvalue weighted by Crippen LogP contribution is 2.24. The monoisotopic (exact) mass is 370 g/mol. The minimum atomic E-state index is 0.210. The molecule has 0 saturated carbocycles. The molecule has 3 aliphatic heterocycles. The maximum Gasteiger partial charge on any atom is 0.253 e. The van der Waals surface area contributed by atoms with Crippen molar-refractivity contribution in [3.63, 3.8) is 0 Å². The molecule has 0 bridgehead atoms. The predicted octanol–water partition coefficient (Wildman–Crippen LogP) is 1.91. The fourth-order valence-corrected chi connectivity index (χ4v) is 4.86. The molecule has 0 aromatic heterocycles. The van der Waals surface area contributed by atoms with Crippen molar-refractivity contribution in [2.75, 3.05) is 58.9 Å². The third-order valence-corrected chi connectivity index (χ3v) is 6.52. The van der Waals surface area contributed by atoms with Gasteiger partial charge in [-0.15, -0.1) is 0 Å². The van der Waals surface area contributed by atoms with E-state index in [1.165, 1.54) is 52.0 Å². The number of carbonyl (C=O) groups is 1. The zero-order chi connectivity index (χ0) is 18.5. The lowest BCUT2D eigenvalue weighted by atomic mass is 9.92. The Morgan fingerprint density at radius 1 is 1.04 bits per heavy atom. The first-order valence-electron chi connectivity index (χ1n) is 10.8. The van der Waals surface area contributed by atoms with Crippen LogP contribution in [0.1, 0.15) is 36.0 Å². The quantitative estimate of drug-likeness (QED) is 0.830. The number of nitrogens with zero attached hydrogens (tertiary/aromatic N) is 3. The van der Waals surface area contributed by atoms with Gasteiger partial charge in [-0.05, 0) is 50.3 Å². The largest absolute Gasteiger partial charge is 0.338 e. The standard InChI is InChI=1S/C22H34N4O/c27-22(20-8-2-1-3-9-20)26-13-5-7-19(16-26)6-4-12-24-17-21(18-24)25-14-10-23-11-15-25/h1-3,8-9,19,21,23H,4-7,10-18H2. The highest BCUT2D eigenvalue weighted by molar-refractivity contribution is 5.94. The summed E-state index contributed by atoms with van der Waals surface area (Å²) in [6, 6.07) is 10.5. The van der Waals surface area contributed by atoms with E-state index < -0.39 is 0 Å². The van der Waals surface area contributed by atoms with Gasteiger partial charge in [0.15, 0.2) is 0 Å². The lowest BCUT2D eigenvalue weighted by Crippen LogP contribution is -2.62. The van der Waals surface area contributed by atoms with Crippen molar-refractivity contribution in [2.45, 2.75) is 31.7 Å². The number of hydrogen-bond donors (Lipinski definition) is 1. The molecule has 27 heavy (non-hydrogen) atoms. The summed E-state index contributed by atoms with van der Waals surface area (Å²) in [7, 11) is 0. The molecule has 4 rings (SSSR count). The topological polar surface area (TPSA) is 38.8 Å². The van der Waals surface area contributed by atoms with E-state index in [1.807, 2.05) is 30.3 Å². The van der Waals surface area contributed by atoms with Gasteiger partial charge in [-0.25, -0.2) is 0 Å². The molecule has 1 amide bonds. The number of benzene rings is 1. The van der Waals surface area contributed by atoms with Crippen LogP contribution in [0.15, 0.2) is 30.3 Å². The third-order valence-electron chi connectivity index (χ3n) is 6.52. The van der Waals surface area contributed by atoms with Crippen LogP contribution in [0.25, 0.3) is 0 Å². The zero-order valence-electron chi connectivity index (χ0n) is 16.5. The summed E-state index contributed by atoms with van der Waals surface area (Å²) >= 11 is 0. The van der Waals surface area contributed by atoms with Crippen LogP contribution in [0.3, 0.4) is 0 Å². The van der Waals surface area contributed by atoms with Crippen molar-refractivity contribution in [1.29, 1.82) is 0 Å². The van der Waals surface area contributed by atoms with Crippen LogP contribution < -0.4 is 5.32 Å². The molecule has 1 unspecified atom stereocenters. The minimum absolute atomic E-state index is 0.210. The smallest absolute Gasteiger partial charge is 0.253 e. The van der Waals surface area contributed by atoms with E-state index in [2.05, 4.69) is 20.0 Å². The van der Waals surface area contributed by atoms with E-state index in [1.54, 1.807) is 0 Å². The third kappa shape index (κ3) is 4.89. The number of amides is 1. The summed E-state index contributed by atoms with van der Waals surface area (Å²) < 4.78 is 0. The average Bonchev–Trinajstić information content (AvgIpc) is 2.70. The summed E-state index contributed by atoms with van der Waals surface area (Å²) in [6.07, 6.45) is 4.96. The highest BCUT2D eigenvalue weighted by Gasteiger charge is 2.32. The molecular weight excluding hydrogens is 336 g/mol. The molecule has 5 nitrogen and oxygen atoms in total. The number of carbonyl (C=O) groups excluding carboxylic acids is 1. The van der Waals surface area contributed by atoms with Crippen molar-refractivity contribution >= 4 is 5.91 Å². The van der Waals surface area contributed by atoms with Gasteiger partial charge in [0.1, 0.15) is 0 Å². The molecule has 0 radical (unpaired) electrons. The summed E-state index contributed by atoms with van der Waals surface area (Å²) in [5.41, 5.74) is 0.831. The number of likely N-dealkylation sites (tertiary alicyclic amines) is 2. The van der Waals surface area contributed by atoms with Crippen molar-refractivity contribution < 1.29 is 4.79 Å². The molecule has 3 aliphatic rings. The van der Waals surface area contributed by atoms with Crippen molar-refractivity contribution in [3.05, 3.63) is 35.9 Å². The van der Waals surface area contributed by atoms with Gasteiger partial charge in [-0.1, -0.05) is 18.2 Å². The highest BCUT2D eigenvalue weighted by atomic mass is 16.2. The minimum Gasteiger partial charge on any atom is -0.338 e. The molecule has 1 N–H and O–H groups in total. The molecule has 1 aromatic rings. The van der Waals surface area contributed by atoms with E-state index >= 15 is 0 Å². The Morgan fingerprint density at radius 2 is 1.81 bits per heavy atom. The summed E-state index contributed by atoms with van der Waals surface area (Å²) in [5, 5.41) is 3.44. The molecule has 1 aromatic carbocycles. The van der Waals surface area contributed by atoms with Crippen LogP contribution in [0.5, 0.6) is 0 Å². The fourth-order valence-electron chi connectivity index (χ4n) is 4.86. The molecule has 3 heterocycles. The van der Waals surface area contributed by atoms with Gasteiger partial charge in [0.25, 0.3) is 5.91 Å². The molecule has 148 valence electrons. The van der Waals surface area contributed by atoms with Crippen molar-refractivity contribution in [1.82, 2.24) is 20.0 Å². The molecule has 5 heteroatoms. The maximum absolute atomic E-state index is 12.7. The summed E-state index contributed by atoms with van der Waals surface area (Å²) in [5.74, 6) is 0.888. The molecule has 0 spiro atoms. The van der Waals surface area contributed by atoms with E-state index in [9.17, 15) is 4.79 Å². The van der Waals surface area contributed by atoms with Crippen LogP contribution in [0, 0.1) is 5.92 Å². The molecular formula is C22H34N4O. The Morgan fingerprint density at radius 3 is 2.59 bits per heavy atom. The number of rotatable bonds is 6. The van der Waals surface area contributed by atoms with Crippen molar-refractivity contribution in [3.8, 4) is 0 Å². The van der Waals surface area contributed by atoms with E-state index in [0.717, 1.165) is 44.2 Å². The molecule has 3 fully saturated rings. The van der Waals surface area contributed by atoms with E-state index in [-0.39, 0.29) is 5.91 Å². The number of piperidine rings is 1. The van der Waals surface area contributed by atoms with Crippen LogP contribution in [-0.4, -0.2) is 85.6 Å². The predicted molar refractivity (Wildman–Crippen MR) is 109 cm³/mol. The number of nitrogens with one attached hydrogen (secondary N) is 1. The van der Waals surface area contributed by atoms with E-state index in [4.69, 9.17) is 0 Å². The van der Waals surface area contributed by atoms with Crippen LogP contribution in [0.2, 0.25) is 0 Å². The van der Waals surface area contributed by atoms with Gasteiger partial charge in [0.2, 0.25) is 0 Å². The molecule has 1 atom stereocenters. The van der Waals surface area contributed by atoms with Crippen LogP contribution >= 0.6 is 0 Å². The second kappa shape index (κ2) is 9.18. The van der Waals surface area contributed by atoms with Gasteiger partial charge < -0.3 is 15.1 Å². The first-order chi connectivity index (χ1) is 13.3. The summed E-state index contributed by atoms with van der Waals surface area (Å²) in [4.78, 5) is 20.0. The normalized spacial score (nSPS) is 25.3. The first kappa shape index (κ1) is 18.9. The van der Waals surface area contributed by atoms with Gasteiger partial charge >= 0.3 is 0 Å². The SMILES string of the molecule is O=C(c1ccccc1)N1CCCC(CCCN2CC(N3CCNCC3)C2)C1. The summed E-state index contributed by atoms with van der Waals surface area (Å²) in [6.45, 7) is 10.3.